The van der Waals surface area contributed by atoms with Gasteiger partial charge in [0.25, 0.3) is 5.91 Å². The maximum absolute atomic E-state index is 12.6. The van der Waals surface area contributed by atoms with Gasteiger partial charge in [0.1, 0.15) is 11.3 Å². The zero-order chi connectivity index (χ0) is 15.4. The van der Waals surface area contributed by atoms with Crippen molar-refractivity contribution in [1.29, 1.82) is 0 Å². The van der Waals surface area contributed by atoms with Crippen molar-refractivity contribution >= 4 is 11.6 Å². The summed E-state index contributed by atoms with van der Waals surface area (Å²) < 4.78 is 1.80. The normalized spacial score (nSPS) is 17.5. The number of nitrogens with zero attached hydrogens (tertiary/aromatic N) is 2. The highest BCUT2D eigenvalue weighted by Gasteiger charge is 2.25. The maximum Gasteiger partial charge on any atom is 0.270 e. The summed E-state index contributed by atoms with van der Waals surface area (Å²) in [5.74, 6) is 0.367. The van der Waals surface area contributed by atoms with Crippen molar-refractivity contribution in [2.45, 2.75) is 44.6 Å². The Bertz CT molecular complexity index is 632. The molecule has 0 bridgehead atoms. The predicted molar refractivity (Wildman–Crippen MR) is 84.7 cm³/mol. The van der Waals surface area contributed by atoms with Crippen LogP contribution in [-0.4, -0.2) is 33.0 Å². The third-order valence-electron chi connectivity index (χ3n) is 4.63. The summed E-state index contributed by atoms with van der Waals surface area (Å²) in [5, 5.41) is 12.4. The van der Waals surface area contributed by atoms with Gasteiger partial charge in [-0.2, -0.15) is 0 Å². The Morgan fingerprint density at radius 2 is 2.18 bits per heavy atom. The largest absolute Gasteiger partial charge is 0.396 e. The van der Waals surface area contributed by atoms with E-state index in [1.807, 2.05) is 24.4 Å². The summed E-state index contributed by atoms with van der Waals surface area (Å²) in [6.07, 6.45) is 10.1. The smallest absolute Gasteiger partial charge is 0.270 e. The monoisotopic (exact) mass is 301 g/mol. The van der Waals surface area contributed by atoms with Crippen LogP contribution in [0.4, 0.5) is 0 Å². The second kappa shape index (κ2) is 6.92. The van der Waals surface area contributed by atoms with Crippen LogP contribution in [0, 0.1) is 5.92 Å². The Hall–Kier alpha value is -1.88. The number of amides is 1. The number of rotatable bonds is 5. The van der Waals surface area contributed by atoms with Gasteiger partial charge in [-0.3, -0.25) is 9.20 Å². The van der Waals surface area contributed by atoms with Crippen LogP contribution in [0.15, 0.2) is 30.6 Å². The molecule has 1 unspecified atom stereocenters. The number of hydrogen-bond donors (Lipinski definition) is 2. The molecule has 1 aliphatic rings. The van der Waals surface area contributed by atoms with E-state index in [9.17, 15) is 9.90 Å². The Morgan fingerprint density at radius 3 is 2.95 bits per heavy atom. The lowest BCUT2D eigenvalue weighted by Gasteiger charge is -2.30. The third kappa shape index (κ3) is 3.14. The first-order chi connectivity index (χ1) is 10.8. The Morgan fingerprint density at radius 1 is 1.36 bits per heavy atom. The van der Waals surface area contributed by atoms with E-state index in [0.29, 0.717) is 18.0 Å². The molecule has 5 heteroatoms. The topological polar surface area (TPSA) is 66.6 Å². The lowest BCUT2D eigenvalue weighted by Crippen LogP contribution is -2.42. The molecule has 0 radical (unpaired) electrons. The van der Waals surface area contributed by atoms with Crippen molar-refractivity contribution in [2.24, 2.45) is 5.92 Å². The second-order valence-electron chi connectivity index (χ2n) is 6.06. The second-order valence-corrected chi connectivity index (χ2v) is 6.06. The number of carbonyl (C=O) groups is 1. The highest BCUT2D eigenvalue weighted by Crippen LogP contribution is 2.28. The lowest BCUT2D eigenvalue weighted by molar-refractivity contribution is 0.0893. The van der Waals surface area contributed by atoms with Crippen molar-refractivity contribution in [2.75, 3.05) is 6.61 Å². The molecule has 1 amide bonds. The molecule has 5 nitrogen and oxygen atoms in total. The molecular formula is C17H23N3O2. The first-order valence-corrected chi connectivity index (χ1v) is 8.13. The molecule has 1 saturated carbocycles. The number of carbonyl (C=O) groups excluding carboxylic acids is 1. The number of nitrogens with one attached hydrogen (secondary N) is 1. The third-order valence-corrected chi connectivity index (χ3v) is 4.63. The van der Waals surface area contributed by atoms with Gasteiger partial charge in [-0.05, 0) is 37.3 Å². The highest BCUT2D eigenvalue weighted by atomic mass is 16.3. The average molecular weight is 301 g/mol. The first kappa shape index (κ1) is 15.0. The molecule has 2 heterocycles. The van der Waals surface area contributed by atoms with Crippen LogP contribution >= 0.6 is 0 Å². The van der Waals surface area contributed by atoms with Crippen molar-refractivity contribution in [1.82, 2.24) is 14.7 Å². The minimum Gasteiger partial charge on any atom is -0.396 e. The predicted octanol–water partition coefficient (Wildman–Crippen LogP) is 2.40. The van der Waals surface area contributed by atoms with Gasteiger partial charge in [0.15, 0.2) is 0 Å². The van der Waals surface area contributed by atoms with Gasteiger partial charge in [0, 0.05) is 18.8 Å². The average Bonchev–Trinajstić information content (AvgIpc) is 2.99. The molecule has 3 rings (SSSR count). The van der Waals surface area contributed by atoms with Crippen molar-refractivity contribution < 1.29 is 9.90 Å². The van der Waals surface area contributed by atoms with Gasteiger partial charge >= 0.3 is 0 Å². The van der Waals surface area contributed by atoms with Crippen LogP contribution in [0.25, 0.3) is 5.65 Å². The Kier molecular flexibility index (Phi) is 4.73. The molecule has 0 aromatic carbocycles. The summed E-state index contributed by atoms with van der Waals surface area (Å²) in [6, 6.07) is 5.72. The molecule has 2 aromatic heterocycles. The molecule has 0 aliphatic heterocycles. The molecule has 2 aromatic rings. The molecule has 1 fully saturated rings. The first-order valence-electron chi connectivity index (χ1n) is 8.13. The molecule has 1 atom stereocenters. The van der Waals surface area contributed by atoms with Crippen LogP contribution in [0.5, 0.6) is 0 Å². The molecule has 0 saturated heterocycles. The maximum atomic E-state index is 12.6. The van der Waals surface area contributed by atoms with Gasteiger partial charge in [0.05, 0.1) is 6.20 Å². The van der Waals surface area contributed by atoms with E-state index in [-0.39, 0.29) is 18.6 Å². The van der Waals surface area contributed by atoms with Crippen molar-refractivity contribution in [3.63, 3.8) is 0 Å². The van der Waals surface area contributed by atoms with Gasteiger partial charge in [-0.25, -0.2) is 4.98 Å². The lowest BCUT2D eigenvalue weighted by atomic mass is 9.82. The molecule has 2 N–H and O–H groups in total. The van der Waals surface area contributed by atoms with E-state index in [0.717, 1.165) is 18.5 Å². The number of aromatic nitrogens is 2. The van der Waals surface area contributed by atoms with E-state index >= 15 is 0 Å². The molecule has 118 valence electrons. The zero-order valence-corrected chi connectivity index (χ0v) is 12.7. The summed E-state index contributed by atoms with van der Waals surface area (Å²) >= 11 is 0. The standard InChI is InChI=1S/C17H23N3O2/c21-11-9-14(13-6-2-1-3-7-13)19-17(22)15-12-18-16-8-4-5-10-20(15)16/h4-5,8,10,12-14,21H,1-3,6-7,9,11H2,(H,19,22). The van der Waals surface area contributed by atoms with E-state index in [1.165, 1.54) is 19.3 Å². The number of hydrogen-bond acceptors (Lipinski definition) is 3. The van der Waals surface area contributed by atoms with Gasteiger partial charge in [-0.15, -0.1) is 0 Å². The van der Waals surface area contributed by atoms with E-state index < -0.39 is 0 Å². The molecule has 1 aliphatic carbocycles. The van der Waals surface area contributed by atoms with Crippen molar-refractivity contribution in [3.8, 4) is 0 Å². The Labute approximate surface area is 130 Å². The molecule has 22 heavy (non-hydrogen) atoms. The fourth-order valence-corrected chi connectivity index (χ4v) is 3.44. The zero-order valence-electron chi connectivity index (χ0n) is 12.7. The quantitative estimate of drug-likeness (QED) is 0.891. The van der Waals surface area contributed by atoms with E-state index in [4.69, 9.17) is 0 Å². The van der Waals surface area contributed by atoms with Crippen LogP contribution in [0.3, 0.4) is 0 Å². The fraction of sp³-hybridized carbons (Fsp3) is 0.529. The minimum atomic E-state index is -0.109. The summed E-state index contributed by atoms with van der Waals surface area (Å²) in [7, 11) is 0. The SMILES string of the molecule is O=C(NC(CCO)C1CCCCC1)c1cnc2ccccn12. The summed E-state index contributed by atoms with van der Waals surface area (Å²) in [6.45, 7) is 0.106. The van der Waals surface area contributed by atoms with E-state index in [1.54, 1.807) is 10.6 Å². The summed E-state index contributed by atoms with van der Waals surface area (Å²) in [5.41, 5.74) is 1.32. The van der Waals surface area contributed by atoms with Crippen molar-refractivity contribution in [3.05, 3.63) is 36.3 Å². The minimum absolute atomic E-state index is 0.0482. The number of imidazole rings is 1. The van der Waals surface area contributed by atoms with Gasteiger partial charge in [0.2, 0.25) is 0 Å². The van der Waals surface area contributed by atoms with Crippen LogP contribution in [0.2, 0.25) is 0 Å². The van der Waals surface area contributed by atoms with Gasteiger partial charge < -0.3 is 10.4 Å². The summed E-state index contributed by atoms with van der Waals surface area (Å²) in [4.78, 5) is 16.9. The number of aliphatic hydroxyl groups excluding tert-OH is 1. The van der Waals surface area contributed by atoms with Crippen LogP contribution < -0.4 is 5.32 Å². The Balaban J connectivity index is 1.75. The highest BCUT2D eigenvalue weighted by molar-refractivity contribution is 5.93. The number of fused-ring (bicyclic) bond motifs is 1. The van der Waals surface area contributed by atoms with E-state index in [2.05, 4.69) is 10.3 Å². The molecule has 0 spiro atoms. The van der Waals surface area contributed by atoms with Crippen LogP contribution in [0.1, 0.15) is 49.0 Å². The molecular weight excluding hydrogens is 278 g/mol. The number of aliphatic hydroxyl groups is 1. The van der Waals surface area contributed by atoms with Crippen LogP contribution in [-0.2, 0) is 0 Å². The fourth-order valence-electron chi connectivity index (χ4n) is 3.44. The number of pyridine rings is 1. The van der Waals surface area contributed by atoms with Gasteiger partial charge in [-0.1, -0.05) is 25.3 Å².